The fourth-order valence-corrected chi connectivity index (χ4v) is 1.53. The minimum atomic E-state index is 0.531. The lowest BCUT2D eigenvalue weighted by Crippen LogP contribution is -2.30. The third-order valence-corrected chi connectivity index (χ3v) is 2.11. The summed E-state index contributed by atoms with van der Waals surface area (Å²) < 4.78 is 2.31. The Labute approximate surface area is 60.9 Å². The molecule has 0 fully saturated rings. The molecule has 1 aliphatic rings. The van der Waals surface area contributed by atoms with Gasteiger partial charge >= 0.3 is 0 Å². The molecule has 0 spiro atoms. The van der Waals surface area contributed by atoms with Gasteiger partial charge in [-0.2, -0.15) is 0 Å². The molecule has 0 radical (unpaired) electrons. The van der Waals surface area contributed by atoms with Crippen molar-refractivity contribution in [1.82, 2.24) is 9.88 Å². The summed E-state index contributed by atoms with van der Waals surface area (Å²) >= 11 is 0. The molecular formula is C8H12N2. The molecule has 2 heterocycles. The third kappa shape index (κ3) is 0.762. The zero-order chi connectivity index (χ0) is 6.97. The van der Waals surface area contributed by atoms with Crippen LogP contribution in [0.4, 0.5) is 0 Å². The van der Waals surface area contributed by atoms with Crippen LogP contribution < -0.4 is 5.32 Å². The minimum absolute atomic E-state index is 0.531. The van der Waals surface area contributed by atoms with Crippen LogP contribution in [0.3, 0.4) is 0 Å². The predicted octanol–water partition coefficient (Wildman–Crippen LogP) is 1.15. The summed E-state index contributed by atoms with van der Waals surface area (Å²) in [6.45, 7) is 4.42. The van der Waals surface area contributed by atoms with E-state index in [1.807, 2.05) is 0 Å². The largest absolute Gasteiger partial charge is 0.349 e. The number of rotatable bonds is 0. The van der Waals surface area contributed by atoms with Gasteiger partial charge in [-0.05, 0) is 19.1 Å². The maximum absolute atomic E-state index is 3.40. The van der Waals surface area contributed by atoms with Crippen LogP contribution in [0.5, 0.6) is 0 Å². The predicted molar refractivity (Wildman–Crippen MR) is 40.8 cm³/mol. The Kier molecular flexibility index (Phi) is 1.27. The van der Waals surface area contributed by atoms with Crippen LogP contribution in [0.15, 0.2) is 18.3 Å². The van der Waals surface area contributed by atoms with Gasteiger partial charge in [0, 0.05) is 31.0 Å². The van der Waals surface area contributed by atoms with Crippen LogP contribution in [-0.2, 0) is 6.54 Å². The topological polar surface area (TPSA) is 17.0 Å². The second kappa shape index (κ2) is 2.13. The molecule has 0 amide bonds. The first kappa shape index (κ1) is 5.98. The smallest absolute Gasteiger partial charge is 0.0446 e. The highest BCUT2D eigenvalue weighted by Crippen LogP contribution is 2.15. The summed E-state index contributed by atoms with van der Waals surface area (Å²) in [6.07, 6.45) is 2.15. The molecule has 0 saturated carbocycles. The highest BCUT2D eigenvalue weighted by atomic mass is 15.1. The summed E-state index contributed by atoms with van der Waals surface area (Å²) in [5, 5.41) is 3.40. The Morgan fingerprint density at radius 3 is 3.40 bits per heavy atom. The molecule has 0 bridgehead atoms. The maximum Gasteiger partial charge on any atom is 0.0446 e. The van der Waals surface area contributed by atoms with Crippen molar-refractivity contribution in [1.29, 1.82) is 0 Å². The van der Waals surface area contributed by atoms with Crippen LogP contribution in [0.1, 0.15) is 18.7 Å². The number of aromatic nitrogens is 1. The second-order valence-electron chi connectivity index (χ2n) is 2.80. The molecule has 0 aromatic carbocycles. The van der Waals surface area contributed by atoms with Gasteiger partial charge in [-0.1, -0.05) is 0 Å². The fourth-order valence-electron chi connectivity index (χ4n) is 1.53. The van der Waals surface area contributed by atoms with E-state index in [1.54, 1.807) is 0 Å². The Bertz CT molecular complexity index is 227. The molecule has 1 atom stereocenters. The second-order valence-corrected chi connectivity index (χ2v) is 2.80. The summed E-state index contributed by atoms with van der Waals surface area (Å²) in [5.74, 6) is 0. The van der Waals surface area contributed by atoms with E-state index in [2.05, 4.69) is 35.1 Å². The Morgan fingerprint density at radius 2 is 2.60 bits per heavy atom. The van der Waals surface area contributed by atoms with E-state index in [0.717, 1.165) is 13.1 Å². The van der Waals surface area contributed by atoms with Gasteiger partial charge < -0.3 is 9.88 Å². The van der Waals surface area contributed by atoms with E-state index in [4.69, 9.17) is 0 Å². The third-order valence-electron chi connectivity index (χ3n) is 2.11. The van der Waals surface area contributed by atoms with E-state index >= 15 is 0 Å². The molecule has 1 aromatic heterocycles. The first-order chi connectivity index (χ1) is 4.88. The van der Waals surface area contributed by atoms with Gasteiger partial charge in [0.25, 0.3) is 0 Å². The highest BCUT2D eigenvalue weighted by molar-refractivity contribution is 5.12. The fraction of sp³-hybridized carbons (Fsp3) is 0.500. The number of hydrogen-bond donors (Lipinski definition) is 1. The minimum Gasteiger partial charge on any atom is -0.349 e. The van der Waals surface area contributed by atoms with Gasteiger partial charge in [-0.3, -0.25) is 0 Å². The lowest BCUT2D eigenvalue weighted by atomic mass is 10.2. The Balaban J connectivity index is 2.41. The Hall–Kier alpha value is -0.760. The number of nitrogens with one attached hydrogen (secondary N) is 1. The van der Waals surface area contributed by atoms with Crippen molar-refractivity contribution in [2.45, 2.75) is 19.5 Å². The monoisotopic (exact) mass is 136 g/mol. The first-order valence-corrected chi connectivity index (χ1v) is 3.76. The molecule has 0 unspecified atom stereocenters. The number of hydrogen-bond acceptors (Lipinski definition) is 1. The number of fused-ring (bicyclic) bond motifs is 1. The van der Waals surface area contributed by atoms with Crippen LogP contribution in [0.2, 0.25) is 0 Å². The van der Waals surface area contributed by atoms with Gasteiger partial charge in [0.15, 0.2) is 0 Å². The molecule has 2 rings (SSSR count). The average molecular weight is 136 g/mol. The van der Waals surface area contributed by atoms with E-state index in [0.29, 0.717) is 6.04 Å². The molecule has 54 valence electrons. The van der Waals surface area contributed by atoms with Crippen LogP contribution in [0, 0.1) is 0 Å². The average Bonchev–Trinajstić information content (AvgIpc) is 2.36. The molecule has 1 aliphatic heterocycles. The zero-order valence-corrected chi connectivity index (χ0v) is 6.17. The molecule has 2 nitrogen and oxygen atoms in total. The van der Waals surface area contributed by atoms with Crippen molar-refractivity contribution in [3.63, 3.8) is 0 Å². The number of nitrogens with zero attached hydrogens (tertiary/aromatic N) is 1. The lowest BCUT2D eigenvalue weighted by molar-refractivity contribution is 0.448. The highest BCUT2D eigenvalue weighted by Gasteiger charge is 2.12. The molecule has 0 saturated heterocycles. The first-order valence-electron chi connectivity index (χ1n) is 3.76. The SMILES string of the molecule is C[C@H]1NCCn2cccc21. The van der Waals surface area contributed by atoms with Gasteiger partial charge in [0.1, 0.15) is 0 Å². The van der Waals surface area contributed by atoms with Crippen molar-refractivity contribution in [3.05, 3.63) is 24.0 Å². The molecule has 1 aromatic rings. The van der Waals surface area contributed by atoms with Crippen molar-refractivity contribution >= 4 is 0 Å². The summed E-state index contributed by atoms with van der Waals surface area (Å²) in [4.78, 5) is 0. The molecule has 10 heavy (non-hydrogen) atoms. The summed E-state index contributed by atoms with van der Waals surface area (Å²) in [6, 6.07) is 4.82. The zero-order valence-electron chi connectivity index (χ0n) is 6.17. The van der Waals surface area contributed by atoms with Crippen molar-refractivity contribution in [3.8, 4) is 0 Å². The van der Waals surface area contributed by atoms with Crippen molar-refractivity contribution < 1.29 is 0 Å². The van der Waals surface area contributed by atoms with E-state index < -0.39 is 0 Å². The molecule has 2 heteroatoms. The van der Waals surface area contributed by atoms with E-state index in [9.17, 15) is 0 Å². The van der Waals surface area contributed by atoms with E-state index in [1.165, 1.54) is 5.69 Å². The van der Waals surface area contributed by atoms with Crippen LogP contribution in [-0.4, -0.2) is 11.1 Å². The molecular weight excluding hydrogens is 124 g/mol. The van der Waals surface area contributed by atoms with Crippen LogP contribution in [0.25, 0.3) is 0 Å². The molecule has 1 N–H and O–H groups in total. The van der Waals surface area contributed by atoms with E-state index in [-0.39, 0.29) is 0 Å². The summed E-state index contributed by atoms with van der Waals surface area (Å²) in [7, 11) is 0. The maximum atomic E-state index is 3.40. The van der Waals surface area contributed by atoms with Crippen molar-refractivity contribution in [2.75, 3.05) is 6.54 Å². The quantitative estimate of drug-likeness (QED) is 0.566. The van der Waals surface area contributed by atoms with Gasteiger partial charge in [-0.15, -0.1) is 0 Å². The van der Waals surface area contributed by atoms with Gasteiger partial charge in [0.2, 0.25) is 0 Å². The normalized spacial score (nSPS) is 24.3. The van der Waals surface area contributed by atoms with Crippen molar-refractivity contribution in [2.24, 2.45) is 0 Å². The molecule has 0 aliphatic carbocycles. The van der Waals surface area contributed by atoms with Crippen LogP contribution >= 0.6 is 0 Å². The lowest BCUT2D eigenvalue weighted by Gasteiger charge is -2.22. The van der Waals surface area contributed by atoms with Gasteiger partial charge in [-0.25, -0.2) is 0 Å². The summed E-state index contributed by atoms with van der Waals surface area (Å²) in [5.41, 5.74) is 1.41. The standard InChI is InChI=1S/C8H12N2/c1-7-8-3-2-5-10(8)6-4-9-7/h2-3,5,7,9H,4,6H2,1H3/t7-/m1/s1. The van der Waals surface area contributed by atoms with Gasteiger partial charge in [0.05, 0.1) is 0 Å². The Morgan fingerprint density at radius 1 is 1.70 bits per heavy atom.